The molecular formula is C21H34N2O4. The SMILES string of the molecule is CCOC(=O)c1c(C)c(C(=O)CN(CC(C)C)C(=O)CC(C)C)c(C)n1C. The Kier molecular flexibility index (Phi) is 8.25. The maximum absolute atomic E-state index is 13.1. The van der Waals surface area contributed by atoms with Gasteiger partial charge in [0.15, 0.2) is 5.78 Å². The summed E-state index contributed by atoms with van der Waals surface area (Å²) in [5, 5.41) is 0. The van der Waals surface area contributed by atoms with E-state index in [0.29, 0.717) is 35.5 Å². The fourth-order valence-electron chi connectivity index (χ4n) is 3.30. The van der Waals surface area contributed by atoms with Gasteiger partial charge in [-0.2, -0.15) is 0 Å². The number of hydrogen-bond acceptors (Lipinski definition) is 4. The van der Waals surface area contributed by atoms with Crippen molar-refractivity contribution in [2.75, 3.05) is 19.7 Å². The maximum atomic E-state index is 13.1. The molecule has 6 nitrogen and oxygen atoms in total. The molecule has 0 aliphatic heterocycles. The van der Waals surface area contributed by atoms with Gasteiger partial charge in [-0.05, 0) is 38.2 Å². The fourth-order valence-corrected chi connectivity index (χ4v) is 3.30. The van der Waals surface area contributed by atoms with Gasteiger partial charge in [-0.15, -0.1) is 0 Å². The van der Waals surface area contributed by atoms with Crippen LogP contribution in [-0.4, -0.2) is 46.8 Å². The van der Waals surface area contributed by atoms with Crippen LogP contribution in [0.5, 0.6) is 0 Å². The average molecular weight is 379 g/mol. The quantitative estimate of drug-likeness (QED) is 0.487. The second-order valence-electron chi connectivity index (χ2n) is 7.90. The number of carbonyl (C=O) groups excluding carboxylic acids is 3. The molecule has 0 aromatic carbocycles. The number of hydrogen-bond donors (Lipinski definition) is 0. The van der Waals surface area contributed by atoms with Crippen molar-refractivity contribution in [3.8, 4) is 0 Å². The molecule has 0 unspecified atom stereocenters. The van der Waals surface area contributed by atoms with Crippen LogP contribution in [0.2, 0.25) is 0 Å². The zero-order chi connectivity index (χ0) is 20.9. The van der Waals surface area contributed by atoms with Crippen LogP contribution < -0.4 is 0 Å². The van der Waals surface area contributed by atoms with Crippen molar-refractivity contribution in [3.05, 3.63) is 22.5 Å². The number of nitrogens with zero attached hydrogens (tertiary/aromatic N) is 2. The van der Waals surface area contributed by atoms with Gasteiger partial charge in [-0.25, -0.2) is 4.79 Å². The summed E-state index contributed by atoms with van der Waals surface area (Å²) in [6, 6.07) is 0. The number of aromatic nitrogens is 1. The van der Waals surface area contributed by atoms with Gasteiger partial charge in [-0.3, -0.25) is 9.59 Å². The normalized spacial score (nSPS) is 11.2. The second kappa shape index (κ2) is 9.72. The number of carbonyl (C=O) groups is 3. The molecule has 0 aliphatic rings. The summed E-state index contributed by atoms with van der Waals surface area (Å²) in [7, 11) is 1.75. The maximum Gasteiger partial charge on any atom is 0.355 e. The molecule has 0 fully saturated rings. The van der Waals surface area contributed by atoms with E-state index in [0.717, 1.165) is 0 Å². The third-order valence-electron chi connectivity index (χ3n) is 4.53. The number of ketones is 1. The van der Waals surface area contributed by atoms with Crippen molar-refractivity contribution < 1.29 is 19.1 Å². The first kappa shape index (κ1) is 22.9. The van der Waals surface area contributed by atoms with Gasteiger partial charge >= 0.3 is 5.97 Å². The number of rotatable bonds is 9. The molecular weight excluding hydrogens is 344 g/mol. The van der Waals surface area contributed by atoms with E-state index in [4.69, 9.17) is 4.74 Å². The fraction of sp³-hybridized carbons (Fsp3) is 0.667. The molecule has 1 rings (SSSR count). The van der Waals surface area contributed by atoms with Crippen molar-refractivity contribution in [3.63, 3.8) is 0 Å². The molecule has 0 N–H and O–H groups in total. The van der Waals surface area contributed by atoms with Crippen molar-refractivity contribution in [1.82, 2.24) is 9.47 Å². The lowest BCUT2D eigenvalue weighted by Gasteiger charge is -2.25. The minimum Gasteiger partial charge on any atom is -0.461 e. The summed E-state index contributed by atoms with van der Waals surface area (Å²) in [6.45, 7) is 14.2. The first-order valence-electron chi connectivity index (χ1n) is 9.65. The molecule has 6 heteroatoms. The molecule has 0 bridgehead atoms. The van der Waals surface area contributed by atoms with Gasteiger partial charge in [-0.1, -0.05) is 27.7 Å². The molecule has 1 heterocycles. The summed E-state index contributed by atoms with van der Waals surface area (Å²) >= 11 is 0. The predicted octanol–water partition coefficient (Wildman–Crippen LogP) is 3.53. The van der Waals surface area contributed by atoms with E-state index >= 15 is 0 Å². The van der Waals surface area contributed by atoms with E-state index in [9.17, 15) is 14.4 Å². The van der Waals surface area contributed by atoms with Crippen LogP contribution >= 0.6 is 0 Å². The number of amides is 1. The highest BCUT2D eigenvalue weighted by Crippen LogP contribution is 2.23. The largest absolute Gasteiger partial charge is 0.461 e. The van der Waals surface area contributed by atoms with E-state index in [1.165, 1.54) is 0 Å². The Morgan fingerprint density at radius 2 is 1.67 bits per heavy atom. The van der Waals surface area contributed by atoms with E-state index < -0.39 is 5.97 Å². The average Bonchev–Trinajstić information content (AvgIpc) is 2.75. The molecule has 1 aromatic rings. The Bertz CT molecular complexity index is 702. The van der Waals surface area contributed by atoms with Gasteiger partial charge < -0.3 is 14.2 Å². The zero-order valence-electron chi connectivity index (χ0n) is 18.0. The zero-order valence-corrected chi connectivity index (χ0v) is 18.0. The Balaban J connectivity index is 3.17. The number of esters is 1. The first-order chi connectivity index (χ1) is 12.5. The predicted molar refractivity (Wildman–Crippen MR) is 106 cm³/mol. The minimum atomic E-state index is -0.436. The standard InChI is InChI=1S/C21H34N2O4/c1-9-27-21(26)20-15(6)19(16(7)22(20)8)17(24)12-23(11-14(4)5)18(25)10-13(2)3/h13-14H,9-12H2,1-8H3. The molecule has 0 radical (unpaired) electrons. The molecule has 152 valence electrons. The molecule has 0 spiro atoms. The van der Waals surface area contributed by atoms with Crippen LogP contribution in [0.4, 0.5) is 0 Å². The van der Waals surface area contributed by atoms with Crippen LogP contribution in [0, 0.1) is 25.7 Å². The first-order valence-corrected chi connectivity index (χ1v) is 9.65. The summed E-state index contributed by atoms with van der Waals surface area (Å²) in [6.07, 6.45) is 0.417. The van der Waals surface area contributed by atoms with Gasteiger partial charge in [0.1, 0.15) is 5.69 Å². The molecule has 0 aliphatic carbocycles. The molecule has 1 aromatic heterocycles. The smallest absolute Gasteiger partial charge is 0.355 e. The third-order valence-corrected chi connectivity index (χ3v) is 4.53. The molecule has 27 heavy (non-hydrogen) atoms. The molecule has 0 atom stereocenters. The highest BCUT2D eigenvalue weighted by Gasteiger charge is 2.28. The Labute approximate surface area is 162 Å². The summed E-state index contributed by atoms with van der Waals surface area (Å²) in [5.41, 5.74) is 2.22. The van der Waals surface area contributed by atoms with Crippen LogP contribution in [0.3, 0.4) is 0 Å². The van der Waals surface area contributed by atoms with Crippen LogP contribution in [0.15, 0.2) is 0 Å². The molecule has 0 saturated heterocycles. The van der Waals surface area contributed by atoms with Crippen LogP contribution in [0.1, 0.15) is 73.1 Å². The van der Waals surface area contributed by atoms with Gasteiger partial charge in [0.2, 0.25) is 5.91 Å². The van der Waals surface area contributed by atoms with Gasteiger partial charge in [0, 0.05) is 31.3 Å². The van der Waals surface area contributed by atoms with Crippen molar-refractivity contribution in [1.29, 1.82) is 0 Å². The third kappa shape index (κ3) is 5.68. The summed E-state index contributed by atoms with van der Waals surface area (Å²) < 4.78 is 6.82. The highest BCUT2D eigenvalue weighted by molar-refractivity contribution is 6.04. The van der Waals surface area contributed by atoms with Crippen LogP contribution in [-0.2, 0) is 16.6 Å². The lowest BCUT2D eigenvalue weighted by atomic mass is 10.0. The topological polar surface area (TPSA) is 68.6 Å². The summed E-state index contributed by atoms with van der Waals surface area (Å²) in [5.74, 6) is -0.0905. The van der Waals surface area contributed by atoms with Crippen LogP contribution in [0.25, 0.3) is 0 Å². The highest BCUT2D eigenvalue weighted by atomic mass is 16.5. The van der Waals surface area contributed by atoms with Crippen molar-refractivity contribution in [2.24, 2.45) is 18.9 Å². The monoisotopic (exact) mass is 378 g/mol. The molecule has 0 saturated carbocycles. The Morgan fingerprint density at radius 3 is 2.15 bits per heavy atom. The van der Waals surface area contributed by atoms with Crippen molar-refractivity contribution in [2.45, 2.75) is 54.9 Å². The number of Topliss-reactive ketones (excluding diaryl/α,β-unsaturated/α-hetero) is 1. The van der Waals surface area contributed by atoms with E-state index in [2.05, 4.69) is 0 Å². The van der Waals surface area contributed by atoms with E-state index in [1.807, 2.05) is 34.6 Å². The lowest BCUT2D eigenvalue weighted by Crippen LogP contribution is -2.39. The second-order valence-corrected chi connectivity index (χ2v) is 7.90. The Morgan fingerprint density at radius 1 is 1.07 bits per heavy atom. The Hall–Kier alpha value is -2.11. The lowest BCUT2D eigenvalue weighted by molar-refractivity contribution is -0.132. The van der Waals surface area contributed by atoms with Crippen molar-refractivity contribution >= 4 is 17.7 Å². The minimum absolute atomic E-state index is 0.0103. The van der Waals surface area contributed by atoms with E-state index in [1.54, 1.807) is 30.4 Å². The van der Waals surface area contributed by atoms with Gasteiger partial charge in [0.25, 0.3) is 0 Å². The van der Waals surface area contributed by atoms with E-state index in [-0.39, 0.29) is 36.7 Å². The molecule has 1 amide bonds. The van der Waals surface area contributed by atoms with Gasteiger partial charge in [0.05, 0.1) is 13.2 Å². The number of ether oxygens (including phenoxy) is 1. The summed E-state index contributed by atoms with van der Waals surface area (Å²) in [4.78, 5) is 39.5.